The average molecular weight is 532 g/mol. The second-order valence-corrected chi connectivity index (χ2v) is 9.34. The molecule has 0 aliphatic carbocycles. The number of carbonyl (C=O) groups excluding carboxylic acids is 2. The second kappa shape index (κ2) is 12.1. The van der Waals surface area contributed by atoms with Crippen molar-refractivity contribution in [3.63, 3.8) is 0 Å². The van der Waals surface area contributed by atoms with Crippen molar-refractivity contribution in [2.75, 3.05) is 30.5 Å². The lowest BCUT2D eigenvalue weighted by atomic mass is 9.82. The molecule has 39 heavy (non-hydrogen) atoms. The molecule has 4 rings (SSSR count). The van der Waals surface area contributed by atoms with E-state index in [0.29, 0.717) is 47.6 Å². The number of hydrogen-bond donors (Lipinski definition) is 3. The Morgan fingerprint density at radius 3 is 2.72 bits per heavy atom. The first-order chi connectivity index (χ1) is 18.8. The van der Waals surface area contributed by atoms with Crippen molar-refractivity contribution in [2.24, 2.45) is 5.92 Å². The van der Waals surface area contributed by atoms with Gasteiger partial charge in [0.15, 0.2) is 5.60 Å². The van der Waals surface area contributed by atoms with E-state index in [-0.39, 0.29) is 19.1 Å². The molecule has 2 heterocycles. The summed E-state index contributed by atoms with van der Waals surface area (Å²) in [5.41, 5.74) is 0.796. The number of nitrogens with one attached hydrogen (secondary N) is 1. The maximum absolute atomic E-state index is 13.5. The molecule has 3 N–H and O–H groups in total. The predicted octanol–water partition coefficient (Wildman–Crippen LogP) is 3.08. The Labute approximate surface area is 227 Å². The number of aromatic nitrogens is 3. The lowest BCUT2D eigenvalue weighted by Crippen LogP contribution is -2.44. The number of fused-ring (bicyclic) bond motifs is 1. The van der Waals surface area contributed by atoms with E-state index >= 15 is 0 Å². The lowest BCUT2D eigenvalue weighted by molar-refractivity contribution is -0.139. The predicted molar refractivity (Wildman–Crippen MR) is 148 cm³/mol. The molecular formula is C29H33N5O5. The molecule has 2 atom stereocenters. The van der Waals surface area contributed by atoms with E-state index < -0.39 is 17.4 Å². The van der Waals surface area contributed by atoms with Crippen molar-refractivity contribution in [1.29, 1.82) is 0 Å². The number of aliphatic hydroxyl groups is 2. The van der Waals surface area contributed by atoms with Gasteiger partial charge in [-0.2, -0.15) is 0 Å². The Morgan fingerprint density at radius 1 is 1.26 bits per heavy atom. The minimum absolute atomic E-state index is 0.0138. The first-order valence-electron chi connectivity index (χ1n) is 12.7. The Morgan fingerprint density at radius 2 is 2.03 bits per heavy atom. The van der Waals surface area contributed by atoms with Gasteiger partial charge in [0.05, 0.1) is 18.5 Å². The molecule has 0 spiro atoms. The molecule has 1 aliphatic heterocycles. The number of nitrogens with zero attached hydrogens (tertiary/aromatic N) is 4. The second-order valence-electron chi connectivity index (χ2n) is 9.34. The van der Waals surface area contributed by atoms with Crippen LogP contribution in [0.4, 0.5) is 11.4 Å². The molecule has 2 amide bonds. The quantitative estimate of drug-likeness (QED) is 0.306. The molecule has 10 heteroatoms. The van der Waals surface area contributed by atoms with Crippen molar-refractivity contribution in [3.05, 3.63) is 90.3 Å². The van der Waals surface area contributed by atoms with Gasteiger partial charge in [0.25, 0.3) is 11.8 Å². The van der Waals surface area contributed by atoms with Crippen LogP contribution in [0.3, 0.4) is 0 Å². The highest BCUT2D eigenvalue weighted by Crippen LogP contribution is 2.46. The van der Waals surface area contributed by atoms with Gasteiger partial charge in [-0.3, -0.25) is 14.3 Å². The number of aliphatic hydroxyl groups excluding tert-OH is 1. The van der Waals surface area contributed by atoms with Crippen LogP contribution in [0.1, 0.15) is 35.0 Å². The van der Waals surface area contributed by atoms with Gasteiger partial charge in [-0.15, -0.1) is 11.7 Å². The Hall–Kier alpha value is -4.28. The standard InChI is InChI=1S/C29H33N5O5/c1-4-15-34-26-13-10-22(30-27(36)21-8-11-24(39-3)12-9-21)18-25(26)29(38,28(34)37)20(2)7-5-6-16-33-19-23(14-17-35)31-32-33/h4-5,7-13,18-20,35,38H,1,6,14-17H2,2-3H3,(H,30,36)/b7-5+/t20-,29+/m0/s1. The van der Waals surface area contributed by atoms with E-state index in [1.54, 1.807) is 73.5 Å². The normalized spacial score (nSPS) is 17.3. The molecule has 0 saturated heterocycles. The first kappa shape index (κ1) is 27.7. The zero-order chi connectivity index (χ0) is 28.0. The number of aryl methyl sites for hydroxylation is 1. The van der Waals surface area contributed by atoms with Crippen LogP contribution in [-0.4, -0.2) is 57.3 Å². The average Bonchev–Trinajstić information content (AvgIpc) is 3.48. The van der Waals surface area contributed by atoms with Crippen molar-refractivity contribution >= 4 is 23.2 Å². The summed E-state index contributed by atoms with van der Waals surface area (Å²) < 4.78 is 6.84. The maximum atomic E-state index is 13.5. The monoisotopic (exact) mass is 531 g/mol. The molecule has 0 unspecified atom stereocenters. The number of methoxy groups -OCH3 is 1. The van der Waals surface area contributed by atoms with Gasteiger partial charge in [-0.05, 0) is 48.9 Å². The third-order valence-electron chi connectivity index (χ3n) is 6.75. The van der Waals surface area contributed by atoms with Crippen LogP contribution in [0.15, 0.2) is 73.5 Å². The van der Waals surface area contributed by atoms with Crippen molar-refractivity contribution in [1.82, 2.24) is 15.0 Å². The van der Waals surface area contributed by atoms with Gasteiger partial charge >= 0.3 is 0 Å². The van der Waals surface area contributed by atoms with E-state index in [1.807, 2.05) is 12.2 Å². The maximum Gasteiger partial charge on any atom is 0.264 e. The Kier molecular flexibility index (Phi) is 8.58. The largest absolute Gasteiger partial charge is 0.497 e. The van der Waals surface area contributed by atoms with E-state index in [0.717, 1.165) is 5.69 Å². The molecular weight excluding hydrogens is 498 g/mol. The Balaban J connectivity index is 1.53. The van der Waals surface area contributed by atoms with Gasteiger partial charge in [-0.25, -0.2) is 0 Å². The van der Waals surface area contributed by atoms with Crippen LogP contribution in [0.2, 0.25) is 0 Å². The lowest BCUT2D eigenvalue weighted by Gasteiger charge is -2.27. The summed E-state index contributed by atoms with van der Waals surface area (Å²) in [5.74, 6) is -0.689. The van der Waals surface area contributed by atoms with Crippen LogP contribution in [0.25, 0.3) is 0 Å². The summed E-state index contributed by atoms with van der Waals surface area (Å²) in [6.45, 7) is 6.35. The third kappa shape index (κ3) is 5.76. The van der Waals surface area contributed by atoms with Crippen LogP contribution in [0.5, 0.6) is 5.75 Å². The highest BCUT2D eigenvalue weighted by molar-refractivity contribution is 6.09. The van der Waals surface area contributed by atoms with Crippen molar-refractivity contribution in [2.45, 2.75) is 31.9 Å². The summed E-state index contributed by atoms with van der Waals surface area (Å²) in [7, 11) is 1.56. The fraction of sp³-hybridized carbons (Fsp3) is 0.310. The van der Waals surface area contributed by atoms with Crippen molar-refractivity contribution < 1.29 is 24.5 Å². The van der Waals surface area contributed by atoms with E-state index in [9.17, 15) is 14.7 Å². The number of rotatable bonds is 12. The number of carbonyl (C=O) groups is 2. The SMILES string of the molecule is C=CCN1C(=O)[C@@](O)([C@@H](C)/C=C/CCn2cc(CCO)nn2)c2cc(NC(=O)c3ccc(OC)cc3)ccc21. The van der Waals surface area contributed by atoms with Crippen LogP contribution in [-0.2, 0) is 23.4 Å². The van der Waals surface area contributed by atoms with Crippen LogP contribution in [0, 0.1) is 5.92 Å². The summed E-state index contributed by atoms with van der Waals surface area (Å²) >= 11 is 0. The molecule has 0 fully saturated rings. The molecule has 1 aromatic heterocycles. The molecule has 0 bridgehead atoms. The highest BCUT2D eigenvalue weighted by atomic mass is 16.5. The number of hydrogen-bond acceptors (Lipinski definition) is 7. The van der Waals surface area contributed by atoms with Gasteiger partial charge in [-0.1, -0.05) is 30.4 Å². The molecule has 3 aromatic rings. The summed E-state index contributed by atoms with van der Waals surface area (Å²) in [6, 6.07) is 11.8. The van der Waals surface area contributed by atoms with E-state index in [1.165, 1.54) is 4.90 Å². The third-order valence-corrected chi connectivity index (χ3v) is 6.75. The topological polar surface area (TPSA) is 130 Å². The van der Waals surface area contributed by atoms with Gasteiger partial charge in [0.1, 0.15) is 5.75 Å². The number of anilines is 2. The number of benzene rings is 2. The molecule has 204 valence electrons. The van der Waals surface area contributed by atoms with E-state index in [4.69, 9.17) is 9.84 Å². The van der Waals surface area contributed by atoms with E-state index in [2.05, 4.69) is 22.2 Å². The zero-order valence-corrected chi connectivity index (χ0v) is 22.1. The van der Waals surface area contributed by atoms with Gasteiger partial charge < -0.3 is 25.2 Å². The summed E-state index contributed by atoms with van der Waals surface area (Å²) in [4.78, 5) is 27.8. The highest BCUT2D eigenvalue weighted by Gasteiger charge is 2.52. The zero-order valence-electron chi connectivity index (χ0n) is 22.1. The fourth-order valence-corrected chi connectivity index (χ4v) is 4.60. The van der Waals surface area contributed by atoms with Gasteiger partial charge in [0.2, 0.25) is 0 Å². The number of allylic oxidation sites excluding steroid dienone is 1. The fourth-order valence-electron chi connectivity index (χ4n) is 4.60. The van der Waals surface area contributed by atoms with Gasteiger partial charge in [0, 0.05) is 55.0 Å². The smallest absolute Gasteiger partial charge is 0.264 e. The molecule has 0 radical (unpaired) electrons. The first-order valence-corrected chi connectivity index (χ1v) is 12.7. The summed E-state index contributed by atoms with van der Waals surface area (Å²) in [6.07, 6.45) is 8.16. The molecule has 2 aromatic carbocycles. The summed E-state index contributed by atoms with van der Waals surface area (Å²) in [5, 5.41) is 31.8. The molecule has 10 nitrogen and oxygen atoms in total. The molecule has 1 aliphatic rings. The number of amides is 2. The molecule has 0 saturated carbocycles. The van der Waals surface area contributed by atoms with Crippen LogP contribution < -0.4 is 15.0 Å². The van der Waals surface area contributed by atoms with Crippen molar-refractivity contribution in [3.8, 4) is 5.75 Å². The minimum Gasteiger partial charge on any atom is -0.497 e. The Bertz CT molecular complexity index is 1370. The minimum atomic E-state index is -1.82. The number of ether oxygens (including phenoxy) is 1. The van der Waals surface area contributed by atoms with Crippen LogP contribution >= 0.6 is 0 Å².